The first kappa shape index (κ1) is 22.0. The fourth-order valence-corrected chi connectivity index (χ4v) is 2.66. The van der Waals surface area contributed by atoms with E-state index in [0.717, 1.165) is 24.5 Å². The molecule has 1 saturated heterocycles. The van der Waals surface area contributed by atoms with Crippen molar-refractivity contribution in [2.45, 2.75) is 31.8 Å². The summed E-state index contributed by atoms with van der Waals surface area (Å²) in [5.41, 5.74) is 7.53. The summed E-state index contributed by atoms with van der Waals surface area (Å²) in [6.45, 7) is 2.45. The number of anilines is 2. The SMILES string of the molecule is COC(CN)CC(=O)Nc1ccccc1N1CCCCC1.Cl.Cl. The summed E-state index contributed by atoms with van der Waals surface area (Å²) in [5, 5.41) is 2.99. The molecule has 5 nitrogen and oxygen atoms in total. The summed E-state index contributed by atoms with van der Waals surface area (Å²) in [6, 6.07) is 7.97. The number of nitrogens with one attached hydrogen (secondary N) is 1. The minimum Gasteiger partial charge on any atom is -0.380 e. The Hall–Kier alpha value is -1.01. The van der Waals surface area contributed by atoms with Crippen LogP contribution >= 0.6 is 24.8 Å². The van der Waals surface area contributed by atoms with E-state index in [1.807, 2.05) is 18.2 Å². The number of para-hydroxylation sites is 2. The first-order valence-electron chi connectivity index (χ1n) is 7.61. The lowest BCUT2D eigenvalue weighted by atomic mass is 10.1. The largest absolute Gasteiger partial charge is 0.380 e. The zero-order valence-corrected chi connectivity index (χ0v) is 15.1. The van der Waals surface area contributed by atoms with Crippen molar-refractivity contribution in [2.75, 3.05) is 37.0 Å². The number of methoxy groups -OCH3 is 1. The van der Waals surface area contributed by atoms with Gasteiger partial charge in [-0.3, -0.25) is 4.79 Å². The number of nitrogens with zero attached hydrogens (tertiary/aromatic N) is 1. The first-order chi connectivity index (χ1) is 10.2. The van der Waals surface area contributed by atoms with Crippen molar-refractivity contribution in [1.29, 1.82) is 0 Å². The fourth-order valence-electron chi connectivity index (χ4n) is 2.66. The van der Waals surface area contributed by atoms with Gasteiger partial charge in [-0.05, 0) is 31.4 Å². The minimum atomic E-state index is -0.229. The Morgan fingerprint density at radius 1 is 1.26 bits per heavy atom. The summed E-state index contributed by atoms with van der Waals surface area (Å²) in [4.78, 5) is 14.5. The third-order valence-corrected chi connectivity index (χ3v) is 3.88. The van der Waals surface area contributed by atoms with E-state index in [2.05, 4.69) is 16.3 Å². The molecule has 0 bridgehead atoms. The van der Waals surface area contributed by atoms with Gasteiger partial charge in [-0.1, -0.05) is 12.1 Å². The monoisotopic (exact) mass is 363 g/mol. The molecule has 7 heteroatoms. The molecule has 1 heterocycles. The summed E-state index contributed by atoms with van der Waals surface area (Å²) in [6.07, 6.45) is 3.76. The Kier molecular flexibility index (Phi) is 11.0. The van der Waals surface area contributed by atoms with Gasteiger partial charge in [-0.25, -0.2) is 0 Å². The quantitative estimate of drug-likeness (QED) is 0.815. The van der Waals surface area contributed by atoms with Crippen molar-refractivity contribution in [2.24, 2.45) is 5.73 Å². The highest BCUT2D eigenvalue weighted by Crippen LogP contribution is 2.28. The van der Waals surface area contributed by atoms with E-state index in [-0.39, 0.29) is 43.2 Å². The van der Waals surface area contributed by atoms with E-state index in [4.69, 9.17) is 10.5 Å². The second-order valence-electron chi connectivity index (χ2n) is 5.41. The van der Waals surface area contributed by atoms with Gasteiger partial charge >= 0.3 is 0 Å². The number of hydrogen-bond donors (Lipinski definition) is 2. The molecule has 0 radical (unpaired) electrons. The number of benzene rings is 1. The Labute approximate surface area is 150 Å². The first-order valence-corrected chi connectivity index (χ1v) is 7.61. The molecule has 0 saturated carbocycles. The number of nitrogens with two attached hydrogens (primary N) is 1. The third kappa shape index (κ3) is 6.55. The van der Waals surface area contributed by atoms with Crippen LogP contribution < -0.4 is 16.0 Å². The molecular weight excluding hydrogens is 337 g/mol. The van der Waals surface area contributed by atoms with Crippen LogP contribution in [0.1, 0.15) is 25.7 Å². The molecule has 1 fully saturated rings. The van der Waals surface area contributed by atoms with Crippen molar-refractivity contribution in [1.82, 2.24) is 0 Å². The Bertz CT molecular complexity index is 464. The van der Waals surface area contributed by atoms with Gasteiger partial charge in [0.15, 0.2) is 0 Å². The van der Waals surface area contributed by atoms with E-state index in [9.17, 15) is 4.79 Å². The van der Waals surface area contributed by atoms with Gasteiger partial charge in [0.2, 0.25) is 5.91 Å². The summed E-state index contributed by atoms with van der Waals surface area (Å²) < 4.78 is 5.16. The van der Waals surface area contributed by atoms with Gasteiger partial charge in [-0.2, -0.15) is 0 Å². The van der Waals surface area contributed by atoms with Crippen LogP contribution in [0.3, 0.4) is 0 Å². The van der Waals surface area contributed by atoms with Crippen molar-refractivity contribution in [3.63, 3.8) is 0 Å². The molecule has 23 heavy (non-hydrogen) atoms. The van der Waals surface area contributed by atoms with Crippen molar-refractivity contribution in [3.05, 3.63) is 24.3 Å². The molecule has 1 aromatic rings. The third-order valence-electron chi connectivity index (χ3n) is 3.88. The molecule has 0 aliphatic carbocycles. The number of halogens is 2. The Balaban J connectivity index is 0.00000242. The van der Waals surface area contributed by atoms with Gasteiger partial charge in [0.1, 0.15) is 0 Å². The summed E-state index contributed by atoms with van der Waals surface area (Å²) in [7, 11) is 1.58. The molecule has 1 atom stereocenters. The number of carbonyl (C=O) groups is 1. The second kappa shape index (κ2) is 11.5. The average Bonchev–Trinajstić information content (AvgIpc) is 2.54. The maximum absolute atomic E-state index is 12.1. The Morgan fingerprint density at radius 3 is 2.52 bits per heavy atom. The zero-order valence-electron chi connectivity index (χ0n) is 13.5. The fraction of sp³-hybridized carbons (Fsp3) is 0.562. The highest BCUT2D eigenvalue weighted by atomic mass is 35.5. The molecule has 0 spiro atoms. The zero-order chi connectivity index (χ0) is 15.1. The lowest BCUT2D eigenvalue weighted by Crippen LogP contribution is -2.31. The minimum absolute atomic E-state index is 0. The predicted molar refractivity (Wildman–Crippen MR) is 100 cm³/mol. The van der Waals surface area contributed by atoms with Crippen LogP contribution in [0.4, 0.5) is 11.4 Å². The Morgan fingerprint density at radius 2 is 1.91 bits per heavy atom. The standard InChI is InChI=1S/C16H25N3O2.2ClH/c1-21-13(12-17)11-16(20)18-14-7-3-4-8-15(14)19-9-5-2-6-10-19;;/h3-4,7-8,13H,2,5-6,9-12,17H2,1H3,(H,18,20);2*1H. The van der Waals surface area contributed by atoms with Crippen LogP contribution in [-0.4, -0.2) is 38.8 Å². The average molecular weight is 364 g/mol. The van der Waals surface area contributed by atoms with E-state index in [1.165, 1.54) is 19.3 Å². The molecule has 1 aromatic carbocycles. The van der Waals surface area contributed by atoms with Crippen LogP contribution in [0.2, 0.25) is 0 Å². The topological polar surface area (TPSA) is 67.6 Å². The molecule has 1 unspecified atom stereocenters. The smallest absolute Gasteiger partial charge is 0.227 e. The van der Waals surface area contributed by atoms with Crippen LogP contribution in [0, 0.1) is 0 Å². The molecule has 1 aliphatic heterocycles. The highest BCUT2D eigenvalue weighted by Gasteiger charge is 2.17. The number of piperidine rings is 1. The van der Waals surface area contributed by atoms with Crippen molar-refractivity contribution >= 4 is 42.1 Å². The van der Waals surface area contributed by atoms with Gasteiger partial charge in [0.25, 0.3) is 0 Å². The number of ether oxygens (including phenoxy) is 1. The summed E-state index contributed by atoms with van der Waals surface area (Å²) >= 11 is 0. The van der Waals surface area contributed by atoms with Gasteiger partial charge in [0, 0.05) is 26.7 Å². The van der Waals surface area contributed by atoms with Crippen molar-refractivity contribution in [3.8, 4) is 0 Å². The molecule has 1 amide bonds. The molecule has 2 rings (SSSR count). The lowest BCUT2D eigenvalue weighted by Gasteiger charge is -2.30. The van der Waals surface area contributed by atoms with E-state index in [0.29, 0.717) is 6.54 Å². The molecular formula is C16H27Cl2N3O2. The number of carbonyl (C=O) groups excluding carboxylic acids is 1. The lowest BCUT2D eigenvalue weighted by molar-refractivity contribution is -0.118. The molecule has 1 aliphatic rings. The van der Waals surface area contributed by atoms with Crippen LogP contribution in [0.5, 0.6) is 0 Å². The normalized spacial score (nSPS) is 15.1. The number of amides is 1. The van der Waals surface area contributed by atoms with Crippen LogP contribution in [-0.2, 0) is 9.53 Å². The van der Waals surface area contributed by atoms with Crippen LogP contribution in [0.25, 0.3) is 0 Å². The van der Waals surface area contributed by atoms with Gasteiger partial charge < -0.3 is 20.7 Å². The van der Waals surface area contributed by atoms with Crippen LogP contribution in [0.15, 0.2) is 24.3 Å². The molecule has 132 valence electrons. The maximum atomic E-state index is 12.1. The second-order valence-corrected chi connectivity index (χ2v) is 5.41. The van der Waals surface area contributed by atoms with Crippen molar-refractivity contribution < 1.29 is 9.53 Å². The maximum Gasteiger partial charge on any atom is 0.227 e. The van der Waals surface area contributed by atoms with E-state index < -0.39 is 0 Å². The van der Waals surface area contributed by atoms with Gasteiger partial charge in [0.05, 0.1) is 23.9 Å². The number of rotatable bonds is 6. The van der Waals surface area contributed by atoms with Gasteiger partial charge in [-0.15, -0.1) is 24.8 Å². The summed E-state index contributed by atoms with van der Waals surface area (Å²) in [5.74, 6) is -0.0586. The predicted octanol–water partition coefficient (Wildman–Crippen LogP) is 2.82. The highest BCUT2D eigenvalue weighted by molar-refractivity contribution is 5.94. The molecule has 3 N–H and O–H groups in total. The van der Waals surface area contributed by atoms with E-state index in [1.54, 1.807) is 7.11 Å². The van der Waals surface area contributed by atoms with E-state index >= 15 is 0 Å². The molecule has 0 aromatic heterocycles. The number of hydrogen-bond acceptors (Lipinski definition) is 4.